The monoisotopic (exact) mass is 455 g/mol. The molecule has 32 heavy (non-hydrogen) atoms. The summed E-state index contributed by atoms with van der Waals surface area (Å²) < 4.78 is 27.6. The number of hydrogen-bond donors (Lipinski definition) is 2. The summed E-state index contributed by atoms with van der Waals surface area (Å²) in [6, 6.07) is 12.1. The SMILES string of the molecule is C=CCNC(=O)c1ccccc1NC(=O)C1CCN(S(=O)(=O)c2ccc(C)cc2C)CC1. The molecule has 0 atom stereocenters. The van der Waals surface area contributed by atoms with Gasteiger partial charge in [-0.25, -0.2) is 8.42 Å². The molecule has 0 aliphatic carbocycles. The molecule has 2 N–H and O–H groups in total. The average molecular weight is 456 g/mol. The third kappa shape index (κ3) is 5.26. The maximum atomic E-state index is 13.1. The van der Waals surface area contributed by atoms with E-state index in [1.807, 2.05) is 13.0 Å². The molecule has 1 saturated heterocycles. The number of benzene rings is 2. The van der Waals surface area contributed by atoms with Gasteiger partial charge in [0.05, 0.1) is 16.1 Å². The Balaban J connectivity index is 1.65. The highest BCUT2D eigenvalue weighted by Gasteiger charge is 2.33. The highest BCUT2D eigenvalue weighted by molar-refractivity contribution is 7.89. The van der Waals surface area contributed by atoms with E-state index < -0.39 is 10.0 Å². The van der Waals surface area contributed by atoms with Crippen LogP contribution in [-0.4, -0.2) is 44.2 Å². The molecule has 7 nitrogen and oxygen atoms in total. The van der Waals surface area contributed by atoms with Crippen LogP contribution in [0.2, 0.25) is 0 Å². The molecule has 8 heteroatoms. The topological polar surface area (TPSA) is 95.6 Å². The third-order valence-electron chi connectivity index (χ3n) is 5.61. The maximum absolute atomic E-state index is 13.1. The van der Waals surface area contributed by atoms with Crippen LogP contribution < -0.4 is 10.6 Å². The number of nitrogens with zero attached hydrogens (tertiary/aromatic N) is 1. The van der Waals surface area contributed by atoms with Gasteiger partial charge in [0.15, 0.2) is 0 Å². The Kier molecular flexibility index (Phi) is 7.48. The lowest BCUT2D eigenvalue weighted by Gasteiger charge is -2.31. The van der Waals surface area contributed by atoms with Crippen molar-refractivity contribution in [3.63, 3.8) is 0 Å². The molecule has 0 aromatic heterocycles. The van der Waals surface area contributed by atoms with Gasteiger partial charge >= 0.3 is 0 Å². The van der Waals surface area contributed by atoms with Gasteiger partial charge in [-0.3, -0.25) is 9.59 Å². The Morgan fingerprint density at radius 2 is 1.81 bits per heavy atom. The number of aryl methyl sites for hydroxylation is 2. The van der Waals surface area contributed by atoms with E-state index >= 15 is 0 Å². The summed E-state index contributed by atoms with van der Waals surface area (Å²) in [4.78, 5) is 25.5. The smallest absolute Gasteiger partial charge is 0.253 e. The Morgan fingerprint density at radius 1 is 1.12 bits per heavy atom. The molecule has 0 radical (unpaired) electrons. The number of sulfonamides is 1. The summed E-state index contributed by atoms with van der Waals surface area (Å²) in [6.45, 7) is 8.17. The Hall–Kier alpha value is -2.97. The van der Waals surface area contributed by atoms with Crippen LogP contribution in [0.1, 0.15) is 34.3 Å². The van der Waals surface area contributed by atoms with Crippen LogP contribution in [0.15, 0.2) is 60.0 Å². The number of anilines is 1. The predicted molar refractivity (Wildman–Crippen MR) is 125 cm³/mol. The number of carbonyl (C=O) groups excluding carboxylic acids is 2. The van der Waals surface area contributed by atoms with Crippen LogP contribution in [0.3, 0.4) is 0 Å². The van der Waals surface area contributed by atoms with Crippen LogP contribution in [0.4, 0.5) is 5.69 Å². The second kappa shape index (κ2) is 10.1. The predicted octanol–water partition coefficient (Wildman–Crippen LogP) is 3.26. The van der Waals surface area contributed by atoms with Crippen molar-refractivity contribution in [3.05, 3.63) is 71.8 Å². The van der Waals surface area contributed by atoms with E-state index in [1.165, 1.54) is 4.31 Å². The van der Waals surface area contributed by atoms with Crippen molar-refractivity contribution in [2.75, 3.05) is 25.0 Å². The lowest BCUT2D eigenvalue weighted by molar-refractivity contribution is -0.120. The maximum Gasteiger partial charge on any atom is 0.253 e. The quantitative estimate of drug-likeness (QED) is 0.627. The number of amides is 2. The Labute approximate surface area is 189 Å². The van der Waals surface area contributed by atoms with Gasteiger partial charge < -0.3 is 10.6 Å². The van der Waals surface area contributed by atoms with Crippen molar-refractivity contribution in [1.29, 1.82) is 0 Å². The second-order valence-corrected chi connectivity index (χ2v) is 9.89. The zero-order valence-electron chi connectivity index (χ0n) is 18.4. The molecule has 1 aliphatic heterocycles. The molecule has 0 spiro atoms. The molecule has 1 heterocycles. The summed E-state index contributed by atoms with van der Waals surface area (Å²) in [5.41, 5.74) is 2.54. The van der Waals surface area contributed by atoms with Gasteiger partial charge in [-0.2, -0.15) is 4.31 Å². The zero-order chi connectivity index (χ0) is 23.3. The van der Waals surface area contributed by atoms with Gasteiger partial charge in [0.25, 0.3) is 5.91 Å². The molecular weight excluding hydrogens is 426 g/mol. The van der Waals surface area contributed by atoms with E-state index in [-0.39, 0.29) is 30.8 Å². The first-order valence-corrected chi connectivity index (χ1v) is 12.0. The second-order valence-electron chi connectivity index (χ2n) is 7.98. The first kappa shape index (κ1) is 23.7. The minimum atomic E-state index is -3.60. The first-order chi connectivity index (χ1) is 15.2. The molecule has 1 fully saturated rings. The summed E-state index contributed by atoms with van der Waals surface area (Å²) >= 11 is 0. The van der Waals surface area contributed by atoms with E-state index in [9.17, 15) is 18.0 Å². The summed E-state index contributed by atoms with van der Waals surface area (Å²) in [5.74, 6) is -0.836. The average Bonchev–Trinajstić information content (AvgIpc) is 2.77. The van der Waals surface area contributed by atoms with Crippen molar-refractivity contribution in [3.8, 4) is 0 Å². The van der Waals surface area contributed by atoms with Crippen LogP contribution >= 0.6 is 0 Å². The molecule has 0 unspecified atom stereocenters. The van der Waals surface area contributed by atoms with Crippen molar-refractivity contribution in [2.45, 2.75) is 31.6 Å². The Morgan fingerprint density at radius 3 is 2.47 bits per heavy atom. The lowest BCUT2D eigenvalue weighted by atomic mass is 9.97. The van der Waals surface area contributed by atoms with Gasteiger partial charge in [-0.15, -0.1) is 6.58 Å². The fraction of sp³-hybridized carbons (Fsp3) is 0.333. The van der Waals surface area contributed by atoms with Gasteiger partial charge in [0, 0.05) is 25.6 Å². The van der Waals surface area contributed by atoms with Crippen molar-refractivity contribution in [1.82, 2.24) is 9.62 Å². The van der Waals surface area contributed by atoms with E-state index in [0.717, 1.165) is 11.1 Å². The van der Waals surface area contributed by atoms with Crippen molar-refractivity contribution in [2.24, 2.45) is 5.92 Å². The van der Waals surface area contributed by atoms with Crippen LogP contribution in [0.25, 0.3) is 0 Å². The van der Waals surface area contributed by atoms with Crippen molar-refractivity contribution < 1.29 is 18.0 Å². The van der Waals surface area contributed by atoms with Gasteiger partial charge in [0.2, 0.25) is 15.9 Å². The normalized spacial score (nSPS) is 15.2. The molecule has 2 aromatic carbocycles. The summed E-state index contributed by atoms with van der Waals surface area (Å²) in [6.07, 6.45) is 2.42. The number of carbonyl (C=O) groups is 2. The lowest BCUT2D eigenvalue weighted by Crippen LogP contribution is -2.41. The fourth-order valence-electron chi connectivity index (χ4n) is 3.87. The zero-order valence-corrected chi connectivity index (χ0v) is 19.2. The number of para-hydroxylation sites is 1. The number of rotatable bonds is 7. The number of nitrogens with one attached hydrogen (secondary N) is 2. The molecular formula is C24H29N3O4S. The minimum Gasteiger partial charge on any atom is -0.349 e. The van der Waals surface area contributed by atoms with Crippen LogP contribution in [-0.2, 0) is 14.8 Å². The minimum absolute atomic E-state index is 0.211. The third-order valence-corrected chi connectivity index (χ3v) is 7.67. The number of hydrogen-bond acceptors (Lipinski definition) is 4. The van der Waals surface area contributed by atoms with Gasteiger partial charge in [0.1, 0.15) is 0 Å². The molecule has 3 rings (SSSR count). The fourth-order valence-corrected chi connectivity index (χ4v) is 5.55. The van der Waals surface area contributed by atoms with Crippen molar-refractivity contribution >= 4 is 27.5 Å². The van der Waals surface area contributed by atoms with Gasteiger partial charge in [-0.1, -0.05) is 35.9 Å². The molecule has 0 bridgehead atoms. The standard InChI is InChI=1S/C24H29N3O4S/c1-4-13-25-24(29)20-7-5-6-8-21(20)26-23(28)19-11-14-27(15-12-19)32(30,31)22-10-9-17(2)16-18(22)3/h4-10,16,19H,1,11-15H2,2-3H3,(H,25,29)(H,26,28). The molecule has 2 amide bonds. The van der Waals surface area contributed by atoms with Crippen LogP contribution in [0, 0.1) is 19.8 Å². The molecule has 0 saturated carbocycles. The van der Waals surface area contributed by atoms with Crippen LogP contribution in [0.5, 0.6) is 0 Å². The highest BCUT2D eigenvalue weighted by Crippen LogP contribution is 2.27. The first-order valence-electron chi connectivity index (χ1n) is 10.6. The van der Waals surface area contributed by atoms with Gasteiger partial charge in [-0.05, 0) is 50.5 Å². The highest BCUT2D eigenvalue weighted by atomic mass is 32.2. The van der Waals surface area contributed by atoms with E-state index in [4.69, 9.17) is 0 Å². The molecule has 2 aromatic rings. The summed E-state index contributed by atoms with van der Waals surface area (Å²) in [7, 11) is -3.60. The Bertz CT molecular complexity index is 1120. The molecule has 1 aliphatic rings. The summed E-state index contributed by atoms with van der Waals surface area (Å²) in [5, 5.41) is 5.55. The van der Waals surface area contributed by atoms with E-state index in [0.29, 0.717) is 35.5 Å². The largest absolute Gasteiger partial charge is 0.349 e. The van der Waals surface area contributed by atoms with E-state index in [2.05, 4.69) is 17.2 Å². The number of piperidine rings is 1. The van der Waals surface area contributed by atoms with E-state index in [1.54, 1.807) is 49.4 Å². The molecule has 170 valence electrons.